The Labute approximate surface area is 213 Å². The number of pyridine rings is 1. The number of aromatic amines is 1. The third kappa shape index (κ3) is 5.09. The second-order valence-electron chi connectivity index (χ2n) is 10.9. The summed E-state index contributed by atoms with van der Waals surface area (Å²) in [5.74, 6) is 0.916. The van der Waals surface area contributed by atoms with Crippen molar-refractivity contribution in [1.82, 2.24) is 19.4 Å². The molecule has 1 saturated heterocycles. The van der Waals surface area contributed by atoms with Crippen molar-refractivity contribution >= 4 is 16.7 Å². The van der Waals surface area contributed by atoms with Crippen molar-refractivity contribution in [2.75, 3.05) is 31.1 Å². The Bertz CT molecular complexity index is 1390. The maximum atomic E-state index is 12.0. The van der Waals surface area contributed by atoms with E-state index in [9.17, 15) is 4.79 Å². The summed E-state index contributed by atoms with van der Waals surface area (Å²) in [6.07, 6.45) is 2.99. The smallest absolute Gasteiger partial charge is 0.250 e. The summed E-state index contributed by atoms with van der Waals surface area (Å²) in [5, 5.41) is 0. The standard InChI is InChI=1S/C30H37N5O/c1-5-15-35-21-22(9-14-27(35)36)20-33-16-18-34(19-17-33)26-8-6-7-25-28(26)32-29(31-25)23-10-12-24(13-11-23)30(2,3)4/h6-14,21H,5,15-20H2,1-4H3,(H,31,32). The number of fused-ring (bicyclic) bond motifs is 1. The summed E-state index contributed by atoms with van der Waals surface area (Å²) in [5.41, 5.74) is 7.16. The SMILES string of the molecule is CCCn1cc(CN2CCN(c3cccc4[nH]c(-c5ccc(C(C)(C)C)cc5)nc34)CC2)ccc1=O. The number of piperazine rings is 1. The number of para-hydroxylation sites is 1. The first-order valence-corrected chi connectivity index (χ1v) is 13.1. The number of anilines is 1. The van der Waals surface area contributed by atoms with Gasteiger partial charge in [0.15, 0.2) is 0 Å². The first-order chi connectivity index (χ1) is 17.3. The molecule has 4 aromatic rings. The van der Waals surface area contributed by atoms with Crippen LogP contribution in [-0.4, -0.2) is 45.6 Å². The van der Waals surface area contributed by atoms with E-state index in [0.29, 0.717) is 0 Å². The summed E-state index contributed by atoms with van der Waals surface area (Å²) >= 11 is 0. The van der Waals surface area contributed by atoms with E-state index in [1.54, 1.807) is 6.07 Å². The first-order valence-electron chi connectivity index (χ1n) is 13.1. The average molecular weight is 484 g/mol. The normalized spacial score (nSPS) is 15.1. The number of imidazole rings is 1. The van der Waals surface area contributed by atoms with Crippen LogP contribution >= 0.6 is 0 Å². The quantitative estimate of drug-likeness (QED) is 0.398. The van der Waals surface area contributed by atoms with Crippen molar-refractivity contribution in [1.29, 1.82) is 0 Å². The van der Waals surface area contributed by atoms with Crippen molar-refractivity contribution in [3.8, 4) is 11.4 Å². The number of benzene rings is 2. The number of nitrogens with zero attached hydrogens (tertiary/aromatic N) is 4. The molecule has 188 valence electrons. The van der Waals surface area contributed by atoms with E-state index in [4.69, 9.17) is 4.98 Å². The lowest BCUT2D eigenvalue weighted by Crippen LogP contribution is -2.46. The minimum atomic E-state index is 0.0852. The number of aryl methyl sites for hydroxylation is 1. The molecule has 1 N–H and O–H groups in total. The molecule has 0 radical (unpaired) electrons. The van der Waals surface area contributed by atoms with Gasteiger partial charge in [-0.15, -0.1) is 0 Å². The van der Waals surface area contributed by atoms with Gasteiger partial charge in [0.05, 0.1) is 11.2 Å². The molecule has 0 aliphatic carbocycles. The van der Waals surface area contributed by atoms with Gasteiger partial charge in [0.25, 0.3) is 5.56 Å². The van der Waals surface area contributed by atoms with Gasteiger partial charge in [-0.3, -0.25) is 9.69 Å². The summed E-state index contributed by atoms with van der Waals surface area (Å²) in [4.78, 5) is 25.5. The Morgan fingerprint density at radius 3 is 2.39 bits per heavy atom. The van der Waals surface area contributed by atoms with Crippen LogP contribution in [0.5, 0.6) is 0 Å². The van der Waals surface area contributed by atoms with Gasteiger partial charge in [0.2, 0.25) is 0 Å². The fourth-order valence-corrected chi connectivity index (χ4v) is 5.03. The highest BCUT2D eigenvalue weighted by molar-refractivity contribution is 5.91. The lowest BCUT2D eigenvalue weighted by atomic mass is 9.87. The van der Waals surface area contributed by atoms with Crippen molar-refractivity contribution in [2.24, 2.45) is 0 Å². The lowest BCUT2D eigenvalue weighted by molar-refractivity contribution is 0.249. The Kier molecular flexibility index (Phi) is 6.71. The molecule has 2 aromatic carbocycles. The third-order valence-electron chi connectivity index (χ3n) is 7.14. The predicted octanol–water partition coefficient (Wildman–Crippen LogP) is 5.42. The zero-order valence-electron chi connectivity index (χ0n) is 21.9. The van der Waals surface area contributed by atoms with E-state index < -0.39 is 0 Å². The summed E-state index contributed by atoms with van der Waals surface area (Å²) in [6.45, 7) is 14.3. The van der Waals surface area contributed by atoms with Crippen molar-refractivity contribution in [3.05, 3.63) is 82.3 Å². The highest BCUT2D eigenvalue weighted by Crippen LogP contribution is 2.30. The first kappa shape index (κ1) is 24.3. The minimum absolute atomic E-state index is 0.0852. The molecular weight excluding hydrogens is 446 g/mol. The van der Waals surface area contributed by atoms with Crippen LogP contribution in [0.2, 0.25) is 0 Å². The van der Waals surface area contributed by atoms with Crippen molar-refractivity contribution in [3.63, 3.8) is 0 Å². The molecule has 0 spiro atoms. The van der Waals surface area contributed by atoms with Gasteiger partial charge in [-0.05, 0) is 35.1 Å². The Balaban J connectivity index is 1.30. The van der Waals surface area contributed by atoms with Crippen LogP contribution in [0.3, 0.4) is 0 Å². The van der Waals surface area contributed by atoms with E-state index >= 15 is 0 Å². The second kappa shape index (κ2) is 9.94. The number of rotatable bonds is 6. The number of hydrogen-bond acceptors (Lipinski definition) is 4. The summed E-state index contributed by atoms with van der Waals surface area (Å²) in [7, 11) is 0. The fraction of sp³-hybridized carbons (Fsp3) is 0.400. The Hall–Kier alpha value is -3.38. The molecule has 5 rings (SSSR count). The Morgan fingerprint density at radius 2 is 1.69 bits per heavy atom. The van der Waals surface area contributed by atoms with E-state index in [1.165, 1.54) is 16.8 Å². The molecule has 6 heteroatoms. The van der Waals surface area contributed by atoms with Crippen molar-refractivity contribution < 1.29 is 0 Å². The van der Waals surface area contributed by atoms with Crippen LogP contribution in [0.1, 0.15) is 45.2 Å². The fourth-order valence-electron chi connectivity index (χ4n) is 5.03. The maximum absolute atomic E-state index is 12.0. The molecule has 0 amide bonds. The minimum Gasteiger partial charge on any atom is -0.367 e. The average Bonchev–Trinajstić information content (AvgIpc) is 3.31. The summed E-state index contributed by atoms with van der Waals surface area (Å²) in [6, 6.07) is 18.8. The van der Waals surface area contributed by atoms with Gasteiger partial charge < -0.3 is 14.5 Å². The number of hydrogen-bond donors (Lipinski definition) is 1. The lowest BCUT2D eigenvalue weighted by Gasteiger charge is -2.36. The predicted molar refractivity (Wildman–Crippen MR) is 149 cm³/mol. The molecule has 1 aliphatic rings. The highest BCUT2D eigenvalue weighted by Gasteiger charge is 2.21. The molecule has 3 heterocycles. The van der Waals surface area contributed by atoms with Crippen LogP contribution in [0.15, 0.2) is 65.6 Å². The van der Waals surface area contributed by atoms with Crippen LogP contribution in [0.4, 0.5) is 5.69 Å². The monoisotopic (exact) mass is 483 g/mol. The van der Waals surface area contributed by atoms with Crippen molar-refractivity contribution in [2.45, 2.75) is 52.6 Å². The number of aromatic nitrogens is 3. The van der Waals surface area contributed by atoms with Crippen LogP contribution in [0.25, 0.3) is 22.4 Å². The maximum Gasteiger partial charge on any atom is 0.250 e. The molecule has 0 bridgehead atoms. The largest absolute Gasteiger partial charge is 0.367 e. The number of nitrogens with one attached hydrogen (secondary N) is 1. The van der Waals surface area contributed by atoms with E-state index in [2.05, 4.69) is 84.9 Å². The van der Waals surface area contributed by atoms with Gasteiger partial charge in [-0.1, -0.05) is 64.1 Å². The topological polar surface area (TPSA) is 57.2 Å². The molecule has 0 saturated carbocycles. The van der Waals surface area contributed by atoms with Gasteiger partial charge in [0.1, 0.15) is 11.3 Å². The third-order valence-corrected chi connectivity index (χ3v) is 7.14. The van der Waals surface area contributed by atoms with Gasteiger partial charge in [-0.2, -0.15) is 0 Å². The van der Waals surface area contributed by atoms with E-state index in [1.807, 2.05) is 16.8 Å². The Morgan fingerprint density at radius 1 is 0.944 bits per heavy atom. The van der Waals surface area contributed by atoms with Crippen LogP contribution in [0, 0.1) is 0 Å². The molecule has 0 atom stereocenters. The second-order valence-corrected chi connectivity index (χ2v) is 10.9. The van der Waals surface area contributed by atoms with Gasteiger partial charge >= 0.3 is 0 Å². The zero-order chi connectivity index (χ0) is 25.3. The highest BCUT2D eigenvalue weighted by atomic mass is 16.1. The zero-order valence-corrected chi connectivity index (χ0v) is 21.9. The van der Waals surface area contributed by atoms with Gasteiger partial charge in [-0.25, -0.2) is 4.98 Å². The molecule has 36 heavy (non-hydrogen) atoms. The molecule has 0 unspecified atom stereocenters. The van der Waals surface area contributed by atoms with Crippen LogP contribution < -0.4 is 10.5 Å². The van der Waals surface area contributed by atoms with Gasteiger partial charge in [0, 0.05) is 57.1 Å². The van der Waals surface area contributed by atoms with E-state index in [-0.39, 0.29) is 11.0 Å². The number of H-pyrrole nitrogens is 1. The van der Waals surface area contributed by atoms with Crippen LogP contribution in [-0.2, 0) is 18.5 Å². The molecule has 2 aromatic heterocycles. The molecule has 1 fully saturated rings. The van der Waals surface area contributed by atoms with E-state index in [0.717, 1.165) is 68.1 Å². The summed E-state index contributed by atoms with van der Waals surface area (Å²) < 4.78 is 1.83. The molecule has 6 nitrogen and oxygen atoms in total. The molecular formula is C30H37N5O. The molecule has 1 aliphatic heterocycles.